The molecule has 0 spiro atoms. The van der Waals surface area contributed by atoms with Crippen LogP contribution in [0.25, 0.3) is 22.2 Å². The SMILES string of the molecule is c1ccc(-c2nnc3n2[C@@H](CSc2nnc(-c4cccs4)o2)CS3)cc1. The highest BCUT2D eigenvalue weighted by Crippen LogP contribution is 2.39. The molecule has 0 saturated carbocycles. The van der Waals surface area contributed by atoms with Gasteiger partial charge in [-0.15, -0.1) is 31.7 Å². The van der Waals surface area contributed by atoms with Crippen molar-refractivity contribution in [2.75, 3.05) is 11.5 Å². The summed E-state index contributed by atoms with van der Waals surface area (Å²) in [6, 6.07) is 14.4. The third-order valence-corrected chi connectivity index (χ3v) is 6.91. The number of fused-ring (bicyclic) bond motifs is 1. The molecule has 0 unspecified atom stereocenters. The first-order valence-corrected chi connectivity index (χ1v) is 10.9. The summed E-state index contributed by atoms with van der Waals surface area (Å²) >= 11 is 4.92. The molecule has 1 atom stereocenters. The molecule has 0 aliphatic carbocycles. The van der Waals surface area contributed by atoms with Crippen LogP contribution in [0, 0.1) is 0 Å². The van der Waals surface area contributed by atoms with Crippen molar-refractivity contribution in [3.8, 4) is 22.2 Å². The number of aromatic nitrogens is 5. The largest absolute Gasteiger partial charge is 0.410 e. The molecule has 0 N–H and O–H groups in total. The first-order chi connectivity index (χ1) is 12.9. The maximum Gasteiger partial charge on any atom is 0.276 e. The van der Waals surface area contributed by atoms with Crippen LogP contribution in [0.2, 0.25) is 0 Å². The highest BCUT2D eigenvalue weighted by atomic mass is 32.2. The molecule has 130 valence electrons. The maximum atomic E-state index is 5.78. The Kier molecular flexibility index (Phi) is 4.27. The normalized spacial score (nSPS) is 16.1. The standard InChI is InChI=1S/C17H13N5OS3/c1-2-5-11(6-3-1)14-18-20-16-22(14)12(9-25-16)10-26-17-21-19-15(23-17)13-7-4-8-24-13/h1-8,12H,9-10H2/t12-/m1/s1. The smallest absolute Gasteiger partial charge is 0.276 e. The summed E-state index contributed by atoms with van der Waals surface area (Å²) in [4.78, 5) is 0.994. The molecule has 1 aromatic carbocycles. The summed E-state index contributed by atoms with van der Waals surface area (Å²) < 4.78 is 8.00. The fourth-order valence-electron chi connectivity index (χ4n) is 2.79. The van der Waals surface area contributed by atoms with Crippen molar-refractivity contribution in [2.24, 2.45) is 0 Å². The van der Waals surface area contributed by atoms with Crippen molar-refractivity contribution in [1.29, 1.82) is 0 Å². The van der Waals surface area contributed by atoms with Crippen LogP contribution in [0.15, 0.2) is 62.6 Å². The van der Waals surface area contributed by atoms with Crippen molar-refractivity contribution in [1.82, 2.24) is 25.0 Å². The van der Waals surface area contributed by atoms with Crippen LogP contribution in [-0.2, 0) is 0 Å². The molecular formula is C17H13N5OS3. The van der Waals surface area contributed by atoms with Crippen LogP contribution in [0.4, 0.5) is 0 Å². The van der Waals surface area contributed by atoms with E-state index in [1.54, 1.807) is 34.9 Å². The minimum absolute atomic E-state index is 0.294. The molecule has 5 rings (SSSR count). The van der Waals surface area contributed by atoms with Gasteiger partial charge in [-0.25, -0.2) is 0 Å². The van der Waals surface area contributed by atoms with Gasteiger partial charge in [0.2, 0.25) is 0 Å². The van der Waals surface area contributed by atoms with Gasteiger partial charge in [-0.05, 0) is 11.4 Å². The molecule has 0 radical (unpaired) electrons. The van der Waals surface area contributed by atoms with Gasteiger partial charge >= 0.3 is 0 Å². The Hall–Kier alpha value is -2.10. The molecule has 1 aliphatic rings. The summed E-state index contributed by atoms with van der Waals surface area (Å²) in [6.07, 6.45) is 0. The van der Waals surface area contributed by atoms with Crippen LogP contribution in [0.3, 0.4) is 0 Å². The number of rotatable bonds is 5. The Labute approximate surface area is 162 Å². The topological polar surface area (TPSA) is 69.6 Å². The predicted molar refractivity (Wildman–Crippen MR) is 104 cm³/mol. The molecule has 0 saturated heterocycles. The fourth-order valence-corrected chi connectivity index (χ4v) is 5.51. The van der Waals surface area contributed by atoms with Crippen LogP contribution >= 0.6 is 34.9 Å². The molecule has 6 nitrogen and oxygen atoms in total. The zero-order valence-electron chi connectivity index (χ0n) is 13.5. The van der Waals surface area contributed by atoms with Crippen LogP contribution in [-0.4, -0.2) is 36.5 Å². The Morgan fingerprint density at radius 1 is 1.08 bits per heavy atom. The van der Waals surface area contributed by atoms with Gasteiger partial charge in [0.1, 0.15) is 0 Å². The van der Waals surface area contributed by atoms with E-state index in [2.05, 4.69) is 37.1 Å². The summed E-state index contributed by atoms with van der Waals surface area (Å²) in [5.41, 5.74) is 1.08. The van der Waals surface area contributed by atoms with Crippen molar-refractivity contribution in [2.45, 2.75) is 16.4 Å². The van der Waals surface area contributed by atoms with E-state index in [-0.39, 0.29) is 0 Å². The van der Waals surface area contributed by atoms with E-state index >= 15 is 0 Å². The van der Waals surface area contributed by atoms with E-state index in [9.17, 15) is 0 Å². The van der Waals surface area contributed by atoms with Gasteiger partial charge in [0.25, 0.3) is 11.1 Å². The van der Waals surface area contributed by atoms with E-state index < -0.39 is 0 Å². The van der Waals surface area contributed by atoms with E-state index in [0.29, 0.717) is 17.2 Å². The Morgan fingerprint density at radius 3 is 2.85 bits per heavy atom. The van der Waals surface area contributed by atoms with Gasteiger partial charge in [0.05, 0.1) is 10.9 Å². The minimum atomic E-state index is 0.294. The lowest BCUT2D eigenvalue weighted by Crippen LogP contribution is -2.11. The van der Waals surface area contributed by atoms with Crippen molar-refractivity contribution in [3.05, 3.63) is 47.8 Å². The summed E-state index contributed by atoms with van der Waals surface area (Å²) in [5.74, 6) is 3.31. The average Bonchev–Trinajstić information content (AvgIpc) is 3.45. The van der Waals surface area contributed by atoms with Gasteiger partial charge in [-0.3, -0.25) is 4.57 Å². The van der Waals surface area contributed by atoms with Crippen molar-refractivity contribution >= 4 is 34.9 Å². The fraction of sp³-hybridized carbons (Fsp3) is 0.176. The third kappa shape index (κ3) is 2.95. The van der Waals surface area contributed by atoms with Crippen molar-refractivity contribution < 1.29 is 4.42 Å². The molecule has 0 fully saturated rings. The first kappa shape index (κ1) is 16.1. The maximum absolute atomic E-state index is 5.78. The van der Waals surface area contributed by atoms with E-state index in [0.717, 1.165) is 32.9 Å². The minimum Gasteiger partial charge on any atom is -0.410 e. The van der Waals surface area contributed by atoms with Crippen LogP contribution < -0.4 is 0 Å². The highest BCUT2D eigenvalue weighted by Gasteiger charge is 2.29. The Balaban J connectivity index is 1.34. The Morgan fingerprint density at radius 2 is 2.00 bits per heavy atom. The second-order valence-corrected chi connectivity index (χ2v) is 8.57. The molecule has 0 amide bonds. The molecular weight excluding hydrogens is 386 g/mol. The molecule has 3 aromatic heterocycles. The third-order valence-electron chi connectivity index (χ3n) is 4.00. The number of thioether (sulfide) groups is 2. The molecule has 9 heteroatoms. The van der Waals surface area contributed by atoms with Crippen molar-refractivity contribution in [3.63, 3.8) is 0 Å². The molecule has 4 aromatic rings. The number of nitrogens with zero attached hydrogens (tertiary/aromatic N) is 5. The average molecular weight is 400 g/mol. The van der Waals surface area contributed by atoms with Gasteiger partial charge in [-0.2, -0.15) is 0 Å². The summed E-state index contributed by atoms with van der Waals surface area (Å²) in [7, 11) is 0. The summed E-state index contributed by atoms with van der Waals surface area (Å²) in [6.45, 7) is 0. The first-order valence-electron chi connectivity index (χ1n) is 8.02. The lowest BCUT2D eigenvalue weighted by atomic mass is 10.2. The van der Waals surface area contributed by atoms with Gasteiger partial charge in [-0.1, -0.05) is 59.9 Å². The van der Waals surface area contributed by atoms with E-state index in [1.807, 2.05) is 35.7 Å². The second kappa shape index (κ2) is 6.90. The highest BCUT2D eigenvalue weighted by molar-refractivity contribution is 8.00. The predicted octanol–water partition coefficient (Wildman–Crippen LogP) is 4.50. The lowest BCUT2D eigenvalue weighted by Gasteiger charge is -2.13. The molecule has 0 bridgehead atoms. The van der Waals surface area contributed by atoms with E-state index in [4.69, 9.17) is 4.42 Å². The number of benzene rings is 1. The number of hydrogen-bond acceptors (Lipinski definition) is 8. The number of thiophene rings is 1. The summed E-state index contributed by atoms with van der Waals surface area (Å²) in [5, 5.41) is 20.6. The zero-order valence-corrected chi connectivity index (χ0v) is 15.9. The zero-order chi connectivity index (χ0) is 17.3. The number of hydrogen-bond donors (Lipinski definition) is 0. The monoisotopic (exact) mass is 399 g/mol. The molecule has 1 aliphatic heterocycles. The molecule has 4 heterocycles. The second-order valence-electron chi connectivity index (χ2n) is 5.67. The molecule has 26 heavy (non-hydrogen) atoms. The lowest BCUT2D eigenvalue weighted by molar-refractivity contribution is 0.465. The van der Waals surface area contributed by atoms with Crippen LogP contribution in [0.1, 0.15) is 6.04 Å². The van der Waals surface area contributed by atoms with Gasteiger partial charge in [0.15, 0.2) is 11.0 Å². The Bertz CT molecular complexity index is 1010. The quantitative estimate of drug-likeness (QED) is 0.458. The van der Waals surface area contributed by atoms with E-state index in [1.165, 1.54) is 0 Å². The van der Waals surface area contributed by atoms with Crippen LogP contribution in [0.5, 0.6) is 0 Å². The van der Waals surface area contributed by atoms with Gasteiger partial charge < -0.3 is 4.42 Å². The van der Waals surface area contributed by atoms with Gasteiger partial charge in [0, 0.05) is 17.1 Å².